The summed E-state index contributed by atoms with van der Waals surface area (Å²) in [5.41, 5.74) is 0. The van der Waals surface area contributed by atoms with E-state index in [1.165, 1.54) is 0 Å². The van der Waals surface area contributed by atoms with E-state index in [4.69, 9.17) is 4.74 Å². The van der Waals surface area contributed by atoms with E-state index in [1.807, 2.05) is 0 Å². The second-order valence-corrected chi connectivity index (χ2v) is 3.96. The Hall–Kier alpha value is -1.06. The fourth-order valence-corrected chi connectivity index (χ4v) is 1.43. The van der Waals surface area contributed by atoms with Gasteiger partial charge in [-0.2, -0.15) is 0 Å². The molecule has 14 heavy (non-hydrogen) atoms. The lowest BCUT2D eigenvalue weighted by atomic mass is 10.2. The third kappa shape index (κ3) is 3.36. The van der Waals surface area contributed by atoms with Crippen LogP contribution in [0, 0.1) is 5.92 Å². The van der Waals surface area contributed by atoms with Gasteiger partial charge in [-0.25, -0.2) is 4.79 Å². The van der Waals surface area contributed by atoms with Crippen LogP contribution in [0.3, 0.4) is 0 Å². The summed E-state index contributed by atoms with van der Waals surface area (Å²) in [4.78, 5) is 22.3. The summed E-state index contributed by atoms with van der Waals surface area (Å²) < 4.78 is 5.06. The van der Waals surface area contributed by atoms with Gasteiger partial charge in [0.2, 0.25) is 5.91 Å². The van der Waals surface area contributed by atoms with E-state index in [0.29, 0.717) is 0 Å². The predicted octanol–water partition coefficient (Wildman–Crippen LogP) is 1.84. The van der Waals surface area contributed by atoms with Crippen LogP contribution in [0.25, 0.3) is 0 Å². The monoisotopic (exact) mass is 199 g/mol. The molecule has 1 aliphatic rings. The van der Waals surface area contributed by atoms with Crippen LogP contribution in [0.1, 0.15) is 39.5 Å². The average molecular weight is 199 g/mol. The second-order valence-electron chi connectivity index (χ2n) is 3.96. The lowest BCUT2D eigenvalue weighted by molar-refractivity contribution is -0.123. The van der Waals surface area contributed by atoms with Crippen LogP contribution < -0.4 is 5.32 Å². The number of rotatable bonds is 2. The van der Waals surface area contributed by atoms with Crippen molar-refractivity contribution >= 4 is 12.0 Å². The minimum Gasteiger partial charge on any atom is -0.446 e. The van der Waals surface area contributed by atoms with E-state index in [1.54, 1.807) is 13.8 Å². The largest absolute Gasteiger partial charge is 0.446 e. The van der Waals surface area contributed by atoms with Crippen molar-refractivity contribution in [2.45, 2.75) is 45.6 Å². The number of ether oxygens (including phenoxy) is 1. The first kappa shape index (κ1) is 11.0. The van der Waals surface area contributed by atoms with Crippen LogP contribution in [-0.4, -0.2) is 18.1 Å². The molecule has 1 aliphatic carbocycles. The molecule has 0 spiro atoms. The first-order valence-electron chi connectivity index (χ1n) is 5.11. The molecule has 0 bridgehead atoms. The molecule has 0 aromatic carbocycles. The number of hydrogen-bond donors (Lipinski definition) is 1. The Kier molecular flexibility index (Phi) is 3.92. The van der Waals surface area contributed by atoms with Crippen molar-refractivity contribution in [1.82, 2.24) is 5.32 Å². The average Bonchev–Trinajstić information content (AvgIpc) is 2.56. The molecule has 0 atom stereocenters. The van der Waals surface area contributed by atoms with Gasteiger partial charge in [-0.05, 0) is 25.7 Å². The number of hydrogen-bond acceptors (Lipinski definition) is 3. The Morgan fingerprint density at radius 2 is 1.86 bits per heavy atom. The smallest absolute Gasteiger partial charge is 0.414 e. The van der Waals surface area contributed by atoms with Crippen LogP contribution in [0.5, 0.6) is 0 Å². The summed E-state index contributed by atoms with van der Waals surface area (Å²) in [6.45, 7) is 3.47. The quantitative estimate of drug-likeness (QED) is 0.738. The van der Waals surface area contributed by atoms with E-state index in [-0.39, 0.29) is 17.9 Å². The Bertz CT molecular complexity index is 219. The Morgan fingerprint density at radius 1 is 1.29 bits per heavy atom. The SMILES string of the molecule is CC(C)C(=O)NC(=O)OC1CCCC1. The van der Waals surface area contributed by atoms with Gasteiger partial charge in [-0.15, -0.1) is 0 Å². The van der Waals surface area contributed by atoms with E-state index in [2.05, 4.69) is 5.32 Å². The molecule has 0 unspecified atom stereocenters. The highest BCUT2D eigenvalue weighted by Crippen LogP contribution is 2.20. The van der Waals surface area contributed by atoms with Gasteiger partial charge in [-0.3, -0.25) is 10.1 Å². The van der Waals surface area contributed by atoms with Gasteiger partial charge in [0.05, 0.1) is 0 Å². The maximum atomic E-state index is 11.2. The first-order chi connectivity index (χ1) is 6.59. The fraction of sp³-hybridized carbons (Fsp3) is 0.800. The summed E-state index contributed by atoms with van der Waals surface area (Å²) >= 11 is 0. The third-order valence-corrected chi connectivity index (χ3v) is 2.33. The molecule has 1 fully saturated rings. The molecule has 4 heteroatoms. The molecule has 0 heterocycles. The molecule has 1 rings (SSSR count). The zero-order valence-corrected chi connectivity index (χ0v) is 8.71. The molecular formula is C10H17NO3. The van der Waals surface area contributed by atoms with Gasteiger partial charge in [0.15, 0.2) is 0 Å². The summed E-state index contributed by atoms with van der Waals surface area (Å²) in [6, 6.07) is 0. The molecule has 80 valence electrons. The molecular weight excluding hydrogens is 182 g/mol. The zero-order chi connectivity index (χ0) is 10.6. The van der Waals surface area contributed by atoms with Gasteiger partial charge in [0, 0.05) is 5.92 Å². The highest BCUT2D eigenvalue weighted by Gasteiger charge is 2.20. The standard InChI is InChI=1S/C10H17NO3/c1-7(2)9(12)11-10(13)14-8-5-3-4-6-8/h7-8H,3-6H2,1-2H3,(H,11,12,13). The number of alkyl carbamates (subject to hydrolysis) is 1. The van der Waals surface area contributed by atoms with Crippen LogP contribution in [-0.2, 0) is 9.53 Å². The van der Waals surface area contributed by atoms with Gasteiger partial charge < -0.3 is 4.74 Å². The number of carbonyl (C=O) groups is 2. The maximum absolute atomic E-state index is 11.2. The van der Waals surface area contributed by atoms with Crippen molar-refractivity contribution in [3.8, 4) is 0 Å². The Balaban J connectivity index is 2.24. The molecule has 1 saturated carbocycles. The zero-order valence-electron chi connectivity index (χ0n) is 8.71. The van der Waals surface area contributed by atoms with E-state index in [0.717, 1.165) is 25.7 Å². The minimum absolute atomic E-state index is 0.00922. The van der Waals surface area contributed by atoms with Gasteiger partial charge in [0.25, 0.3) is 0 Å². The molecule has 0 aromatic rings. The number of carbonyl (C=O) groups excluding carboxylic acids is 2. The van der Waals surface area contributed by atoms with E-state index in [9.17, 15) is 9.59 Å². The highest BCUT2D eigenvalue weighted by atomic mass is 16.6. The molecule has 0 aliphatic heterocycles. The molecule has 0 radical (unpaired) electrons. The maximum Gasteiger partial charge on any atom is 0.414 e. The second kappa shape index (κ2) is 4.98. The molecule has 2 amide bonds. The summed E-state index contributed by atoms with van der Waals surface area (Å²) in [5.74, 6) is -0.473. The van der Waals surface area contributed by atoms with Crippen LogP contribution in [0.4, 0.5) is 4.79 Å². The lowest BCUT2D eigenvalue weighted by Gasteiger charge is -2.12. The van der Waals surface area contributed by atoms with Gasteiger partial charge >= 0.3 is 6.09 Å². The first-order valence-corrected chi connectivity index (χ1v) is 5.11. The molecule has 0 saturated heterocycles. The lowest BCUT2D eigenvalue weighted by Crippen LogP contribution is -2.35. The van der Waals surface area contributed by atoms with Crippen molar-refractivity contribution < 1.29 is 14.3 Å². The minimum atomic E-state index is -0.601. The topological polar surface area (TPSA) is 55.4 Å². The van der Waals surface area contributed by atoms with Crippen molar-refractivity contribution in [2.24, 2.45) is 5.92 Å². The van der Waals surface area contributed by atoms with Crippen molar-refractivity contribution in [3.05, 3.63) is 0 Å². The third-order valence-electron chi connectivity index (χ3n) is 2.33. The molecule has 0 aromatic heterocycles. The summed E-state index contributed by atoms with van der Waals surface area (Å²) in [5, 5.41) is 2.21. The molecule has 4 nitrogen and oxygen atoms in total. The van der Waals surface area contributed by atoms with Crippen LogP contribution in [0.2, 0.25) is 0 Å². The summed E-state index contributed by atoms with van der Waals surface area (Å²) in [6.07, 6.45) is 3.46. The van der Waals surface area contributed by atoms with Crippen LogP contribution in [0.15, 0.2) is 0 Å². The van der Waals surface area contributed by atoms with Gasteiger partial charge in [0.1, 0.15) is 6.10 Å². The summed E-state index contributed by atoms with van der Waals surface area (Å²) in [7, 11) is 0. The van der Waals surface area contributed by atoms with Crippen LogP contribution >= 0.6 is 0 Å². The normalized spacial score (nSPS) is 17.1. The number of nitrogens with one attached hydrogen (secondary N) is 1. The predicted molar refractivity (Wildman–Crippen MR) is 51.7 cm³/mol. The van der Waals surface area contributed by atoms with E-state index >= 15 is 0 Å². The van der Waals surface area contributed by atoms with Crippen molar-refractivity contribution in [3.63, 3.8) is 0 Å². The fourth-order valence-electron chi connectivity index (χ4n) is 1.43. The number of amides is 2. The van der Waals surface area contributed by atoms with Crippen molar-refractivity contribution in [1.29, 1.82) is 0 Å². The van der Waals surface area contributed by atoms with E-state index < -0.39 is 6.09 Å². The number of imide groups is 1. The van der Waals surface area contributed by atoms with Crippen molar-refractivity contribution in [2.75, 3.05) is 0 Å². The molecule has 1 N–H and O–H groups in total. The highest BCUT2D eigenvalue weighted by molar-refractivity contribution is 5.92. The Morgan fingerprint density at radius 3 is 2.36 bits per heavy atom. The van der Waals surface area contributed by atoms with Gasteiger partial charge in [-0.1, -0.05) is 13.8 Å². The Labute approximate surface area is 84.0 Å².